The Morgan fingerprint density at radius 1 is 0.350 bits per heavy atom. The molecule has 0 atom stereocenters. The van der Waals surface area contributed by atoms with E-state index >= 15 is 0 Å². The van der Waals surface area contributed by atoms with Crippen LogP contribution >= 0.6 is 0 Å². The standard InChI is InChI=1S/C26H36N4O2.C25H33FN4O2.C23H29FN4O2.C23H30N4O2/c1-8-15-32-20-13-11-19(12-14-20)24-21(17-23(31)29(9-2)10-3)25-27-18(4)16-22(26(5,6)7)30(25)28-24;1-7-29(8-2)22(31)16-20-23(18-9-11-19(12-10-18)32-14-13-26)28-30-17(3)15-21(25(4,5)6)27-24(20)30;1-6-27(7-2)21(29)14-20-22(18-8-10-19(11-9-18)30-13-12-24)26-28-17(5)15(3)16(4)25-23(20)28;1-6-13-29-19-11-9-18(10-12-19)22-20(15-21(28)26(7-2)8-3)23-24-16(4)14-17(5)27(23)25-22/h11-14,16H,8-10,15,17H2,1-7H3;9-12,15H,7-8,13-14,16H2,1-6H3;8-11H,6-7,12-14H2,1-5H3;9-12,14H,6-8,13,15H2,1-5H3. The van der Waals surface area contributed by atoms with E-state index in [4.69, 9.17) is 59.3 Å². The lowest BCUT2D eigenvalue weighted by atomic mass is 9.91. The molecule has 12 rings (SSSR count). The molecule has 0 radical (unpaired) electrons. The molecule has 658 valence electrons. The van der Waals surface area contributed by atoms with Crippen LogP contribution in [0.4, 0.5) is 8.78 Å². The predicted molar refractivity (Wildman–Crippen MR) is 485 cm³/mol. The van der Waals surface area contributed by atoms with Gasteiger partial charge in [0.2, 0.25) is 23.6 Å². The highest BCUT2D eigenvalue weighted by Crippen LogP contribution is 2.37. The zero-order valence-corrected chi connectivity index (χ0v) is 76.8. The maximum Gasteiger partial charge on any atom is 0.227 e. The number of aromatic nitrogens is 12. The van der Waals surface area contributed by atoms with E-state index in [1.807, 2.05) is 226 Å². The third kappa shape index (κ3) is 23.2. The molecule has 12 aromatic rings. The van der Waals surface area contributed by atoms with E-state index in [1.165, 1.54) is 0 Å². The first-order valence-electron chi connectivity index (χ1n) is 43.4. The summed E-state index contributed by atoms with van der Waals surface area (Å²) in [5.74, 6) is 3.16. The van der Waals surface area contributed by atoms with Gasteiger partial charge >= 0.3 is 0 Å². The van der Waals surface area contributed by atoms with Crippen LogP contribution < -0.4 is 18.9 Å². The van der Waals surface area contributed by atoms with Gasteiger partial charge in [0.05, 0.1) is 73.1 Å². The molecular formula is C97H128F2N16O8. The molecule has 0 N–H and O–H groups in total. The molecule has 0 saturated carbocycles. The number of amides is 4. The molecule has 0 spiro atoms. The van der Waals surface area contributed by atoms with Gasteiger partial charge in [0.25, 0.3) is 0 Å². The number of carbonyl (C=O) groups excluding carboxylic acids is 4. The molecule has 8 aromatic heterocycles. The number of fused-ring (bicyclic) bond motifs is 4. The van der Waals surface area contributed by atoms with Gasteiger partial charge in [-0.3, -0.25) is 19.2 Å². The number of nitrogens with zero attached hydrogens (tertiary/aromatic N) is 16. The fraction of sp³-hybridized carbons (Fsp3) is 0.464. The van der Waals surface area contributed by atoms with Gasteiger partial charge in [0, 0.05) is 142 Å². The smallest absolute Gasteiger partial charge is 0.227 e. The van der Waals surface area contributed by atoms with Crippen LogP contribution in [0.25, 0.3) is 67.6 Å². The van der Waals surface area contributed by atoms with Crippen LogP contribution in [0.3, 0.4) is 0 Å². The second-order valence-corrected chi connectivity index (χ2v) is 32.6. The predicted octanol–water partition coefficient (Wildman–Crippen LogP) is 18.3. The van der Waals surface area contributed by atoms with E-state index < -0.39 is 13.3 Å². The van der Waals surface area contributed by atoms with Gasteiger partial charge in [-0.1, -0.05) is 55.4 Å². The molecular weight excluding hydrogens is 1560 g/mol. The fourth-order valence-electron chi connectivity index (χ4n) is 14.7. The van der Waals surface area contributed by atoms with Crippen molar-refractivity contribution in [1.82, 2.24) is 78.0 Å². The van der Waals surface area contributed by atoms with Gasteiger partial charge < -0.3 is 38.5 Å². The van der Waals surface area contributed by atoms with Crippen LogP contribution in [0.15, 0.2) is 115 Å². The van der Waals surface area contributed by atoms with E-state index in [2.05, 4.69) is 61.5 Å². The average molecular weight is 1680 g/mol. The third-order valence-corrected chi connectivity index (χ3v) is 21.8. The molecule has 123 heavy (non-hydrogen) atoms. The minimum Gasteiger partial charge on any atom is -0.494 e. The van der Waals surface area contributed by atoms with Crippen LogP contribution in [-0.2, 0) is 55.7 Å². The number of ether oxygens (including phenoxy) is 4. The van der Waals surface area contributed by atoms with Crippen molar-refractivity contribution in [3.05, 3.63) is 189 Å². The molecule has 24 nitrogen and oxygen atoms in total. The van der Waals surface area contributed by atoms with Crippen molar-refractivity contribution in [2.75, 3.05) is 92.1 Å². The number of halogens is 2. The topological polar surface area (TPSA) is 239 Å². The Balaban J connectivity index is 0.000000186. The maximum absolute atomic E-state index is 13.1. The Morgan fingerprint density at radius 2 is 0.634 bits per heavy atom. The number of benzene rings is 4. The van der Waals surface area contributed by atoms with E-state index in [0.29, 0.717) is 88.4 Å². The summed E-state index contributed by atoms with van der Waals surface area (Å²) in [6, 6.07) is 36.7. The van der Waals surface area contributed by atoms with Crippen molar-refractivity contribution in [3.8, 4) is 68.0 Å². The van der Waals surface area contributed by atoms with Crippen LogP contribution in [0.5, 0.6) is 23.0 Å². The summed E-state index contributed by atoms with van der Waals surface area (Å²) in [7, 11) is 0. The lowest BCUT2D eigenvalue weighted by molar-refractivity contribution is -0.130. The molecule has 0 aliphatic carbocycles. The summed E-state index contributed by atoms with van der Waals surface area (Å²) in [5, 5.41) is 19.5. The van der Waals surface area contributed by atoms with Crippen LogP contribution in [0.2, 0.25) is 0 Å². The maximum atomic E-state index is 13.1. The molecule has 8 heterocycles. The fourth-order valence-corrected chi connectivity index (χ4v) is 14.7. The molecule has 0 saturated heterocycles. The zero-order valence-electron chi connectivity index (χ0n) is 76.8. The first-order valence-corrected chi connectivity index (χ1v) is 43.4. The molecule has 4 aromatic carbocycles. The van der Waals surface area contributed by atoms with Crippen molar-refractivity contribution < 1.29 is 46.9 Å². The Kier molecular flexibility index (Phi) is 33.5. The molecule has 0 bridgehead atoms. The zero-order chi connectivity index (χ0) is 89.7. The van der Waals surface area contributed by atoms with E-state index in [1.54, 1.807) is 24.3 Å². The molecule has 4 amide bonds. The Bertz CT molecular complexity index is 5520. The van der Waals surface area contributed by atoms with Gasteiger partial charge in [-0.2, -0.15) is 20.4 Å². The number of likely N-dealkylation sites (N-methyl/N-ethyl adjacent to an activating group) is 4. The highest BCUT2D eigenvalue weighted by atomic mass is 19.1. The first kappa shape index (κ1) is 95.1. The van der Waals surface area contributed by atoms with E-state index in [9.17, 15) is 28.0 Å². The van der Waals surface area contributed by atoms with Gasteiger partial charge in [-0.05, 0) is 238 Å². The number of aryl methyl sites for hydroxylation is 6. The van der Waals surface area contributed by atoms with Crippen molar-refractivity contribution in [2.24, 2.45) is 0 Å². The lowest BCUT2D eigenvalue weighted by Crippen LogP contribution is -2.31. The Morgan fingerprint density at radius 3 is 0.943 bits per heavy atom. The highest BCUT2D eigenvalue weighted by Gasteiger charge is 2.30. The van der Waals surface area contributed by atoms with Gasteiger partial charge in [-0.25, -0.2) is 46.8 Å². The highest BCUT2D eigenvalue weighted by molar-refractivity contribution is 5.88. The number of alkyl halides is 2. The van der Waals surface area contributed by atoms with Crippen molar-refractivity contribution in [1.29, 1.82) is 0 Å². The molecule has 0 unspecified atom stereocenters. The SMILES string of the molecule is CCCOc1ccc(-c2nn3c(C(C)(C)C)cc(C)nc3c2CC(=O)N(CC)CC)cc1.CCCOc1ccc(-c2nn3c(C)cc(C)nc3c2CC(=O)N(CC)CC)cc1.CCN(CC)C(=O)Cc1c(-c2ccc(OCCF)cc2)nn2c(C)c(C)c(C)nc12.CCN(CC)C(=O)Cc1c(-c2ccc(OCCF)cc2)nn2c(C)cc(C(C)(C)C)nc12. The average Bonchev–Trinajstić information content (AvgIpc) is 1.61. The molecule has 0 aliphatic heterocycles. The summed E-state index contributed by atoms with van der Waals surface area (Å²) in [4.78, 5) is 78.5. The number of carbonyl (C=O) groups is 4. The summed E-state index contributed by atoms with van der Waals surface area (Å²) in [6.07, 6.45) is 2.94. The summed E-state index contributed by atoms with van der Waals surface area (Å²) < 4.78 is 54.3. The van der Waals surface area contributed by atoms with E-state index in [0.717, 1.165) is 154 Å². The lowest BCUT2D eigenvalue weighted by Gasteiger charge is -2.20. The summed E-state index contributed by atoms with van der Waals surface area (Å²) >= 11 is 0. The van der Waals surface area contributed by atoms with Crippen molar-refractivity contribution >= 4 is 46.2 Å². The summed E-state index contributed by atoms with van der Waals surface area (Å²) in [5.41, 5.74) is 21.6. The minimum absolute atomic E-state index is 0.0238. The number of hydrogen-bond donors (Lipinski definition) is 0. The number of hydrogen-bond acceptors (Lipinski definition) is 16. The Hall–Kier alpha value is -11.7. The molecule has 26 heteroatoms. The van der Waals surface area contributed by atoms with Crippen LogP contribution in [0.1, 0.15) is 197 Å². The monoisotopic (exact) mass is 1680 g/mol. The number of rotatable bonds is 32. The first-order chi connectivity index (χ1) is 58.8. The molecule has 0 aliphatic rings. The second kappa shape index (κ2) is 43.4. The summed E-state index contributed by atoms with van der Waals surface area (Å²) in [6.45, 7) is 52.7. The van der Waals surface area contributed by atoms with Gasteiger partial charge in [-0.15, -0.1) is 0 Å². The van der Waals surface area contributed by atoms with E-state index in [-0.39, 0.29) is 73.4 Å². The third-order valence-electron chi connectivity index (χ3n) is 21.8. The van der Waals surface area contributed by atoms with Crippen molar-refractivity contribution in [3.63, 3.8) is 0 Å². The normalized spacial score (nSPS) is 11.4. The minimum atomic E-state index is -0.535. The van der Waals surface area contributed by atoms with Crippen molar-refractivity contribution in [2.45, 2.75) is 209 Å². The molecule has 0 fully saturated rings. The Labute approximate surface area is 724 Å². The van der Waals surface area contributed by atoms with Gasteiger partial charge in [0.1, 0.15) is 49.6 Å². The largest absolute Gasteiger partial charge is 0.494 e. The van der Waals surface area contributed by atoms with Crippen LogP contribution in [0, 0.1) is 48.5 Å². The van der Waals surface area contributed by atoms with Gasteiger partial charge in [0.15, 0.2) is 22.6 Å². The van der Waals surface area contributed by atoms with Crippen LogP contribution in [-0.4, -0.2) is 194 Å². The second-order valence-electron chi connectivity index (χ2n) is 32.6. The quantitative estimate of drug-likeness (QED) is 0.0381.